The number of nitrogens with one attached hydrogen (secondary N) is 2. The Balaban J connectivity index is 1.71. The molecule has 0 bridgehead atoms. The predicted molar refractivity (Wildman–Crippen MR) is 90.5 cm³/mol. The van der Waals surface area contributed by atoms with Gasteiger partial charge in [0.05, 0.1) is 6.21 Å². The third-order valence-corrected chi connectivity index (χ3v) is 4.90. The van der Waals surface area contributed by atoms with Crippen molar-refractivity contribution in [3.63, 3.8) is 0 Å². The van der Waals surface area contributed by atoms with Gasteiger partial charge in [-0.25, -0.2) is 5.43 Å². The molecule has 0 aliphatic carbocycles. The van der Waals surface area contributed by atoms with Crippen molar-refractivity contribution >= 4 is 29.4 Å². The first-order valence-electron chi connectivity index (χ1n) is 7.36. The van der Waals surface area contributed by atoms with Gasteiger partial charge in [-0.05, 0) is 29.5 Å². The van der Waals surface area contributed by atoms with Crippen molar-refractivity contribution < 1.29 is 9.59 Å². The molecule has 118 valence electrons. The Morgan fingerprint density at radius 2 is 2.13 bits per heavy atom. The summed E-state index contributed by atoms with van der Waals surface area (Å²) in [6.45, 7) is 2.45. The van der Waals surface area contributed by atoms with Crippen LogP contribution in [0, 0.1) is 12.8 Å². The van der Waals surface area contributed by atoms with E-state index in [-0.39, 0.29) is 17.7 Å². The number of amides is 2. The molecule has 1 aliphatic heterocycles. The number of hydrogen-bond acceptors (Lipinski definition) is 4. The van der Waals surface area contributed by atoms with Gasteiger partial charge in [-0.1, -0.05) is 30.3 Å². The fraction of sp³-hybridized carbons (Fsp3) is 0.235. The Bertz CT molecular complexity index is 739. The molecule has 0 spiro atoms. The first kappa shape index (κ1) is 15.4. The minimum Gasteiger partial charge on any atom is -0.355 e. The standard InChI is InChI=1S/C17H17N3O2S/c1-11-7-8-23-14(11)10-19-20-17(22)15-13(9-18-16(15)21)12-5-3-2-4-6-12/h2-8,10,13,15H,9H2,1H3,(H,18,21)(H,20,22)/b19-10-/t13-,15-/m0/s1. The quantitative estimate of drug-likeness (QED) is 0.512. The Labute approximate surface area is 138 Å². The van der Waals surface area contributed by atoms with Gasteiger partial charge >= 0.3 is 0 Å². The van der Waals surface area contributed by atoms with Crippen LogP contribution in [0.1, 0.15) is 21.9 Å². The zero-order valence-corrected chi connectivity index (χ0v) is 13.5. The van der Waals surface area contributed by atoms with Crippen LogP contribution in [0.3, 0.4) is 0 Å². The van der Waals surface area contributed by atoms with Crippen LogP contribution in [0.5, 0.6) is 0 Å². The summed E-state index contributed by atoms with van der Waals surface area (Å²) in [4.78, 5) is 25.4. The molecule has 0 unspecified atom stereocenters. The second-order valence-electron chi connectivity index (χ2n) is 5.44. The minimum absolute atomic E-state index is 0.164. The van der Waals surface area contributed by atoms with Crippen LogP contribution < -0.4 is 10.7 Å². The lowest BCUT2D eigenvalue weighted by molar-refractivity contribution is -0.133. The monoisotopic (exact) mass is 327 g/mol. The number of carbonyl (C=O) groups excluding carboxylic acids is 2. The number of aryl methyl sites for hydroxylation is 1. The molecule has 3 rings (SSSR count). The molecule has 1 saturated heterocycles. The number of hydrogen-bond donors (Lipinski definition) is 2. The van der Waals surface area contributed by atoms with Crippen LogP contribution in [-0.4, -0.2) is 24.6 Å². The lowest BCUT2D eigenvalue weighted by atomic mass is 9.88. The van der Waals surface area contributed by atoms with Crippen molar-refractivity contribution in [3.05, 3.63) is 57.8 Å². The molecule has 2 atom stereocenters. The van der Waals surface area contributed by atoms with E-state index in [1.165, 1.54) is 0 Å². The molecule has 6 heteroatoms. The van der Waals surface area contributed by atoms with E-state index >= 15 is 0 Å². The molecule has 2 N–H and O–H groups in total. The van der Waals surface area contributed by atoms with Crippen molar-refractivity contribution in [2.75, 3.05) is 6.54 Å². The summed E-state index contributed by atoms with van der Waals surface area (Å²) in [5, 5.41) is 8.72. The highest BCUT2D eigenvalue weighted by Crippen LogP contribution is 2.28. The fourth-order valence-corrected chi connectivity index (χ4v) is 3.46. The van der Waals surface area contributed by atoms with E-state index < -0.39 is 5.92 Å². The van der Waals surface area contributed by atoms with Crippen LogP contribution in [-0.2, 0) is 9.59 Å². The second kappa shape index (κ2) is 6.75. The molecule has 1 aliphatic rings. The van der Waals surface area contributed by atoms with Crippen molar-refractivity contribution in [1.29, 1.82) is 0 Å². The van der Waals surface area contributed by atoms with E-state index in [4.69, 9.17) is 0 Å². The van der Waals surface area contributed by atoms with E-state index in [2.05, 4.69) is 15.8 Å². The lowest BCUT2D eigenvalue weighted by Gasteiger charge is -2.15. The molecule has 2 heterocycles. The summed E-state index contributed by atoms with van der Waals surface area (Å²) in [6, 6.07) is 11.6. The van der Waals surface area contributed by atoms with Gasteiger partial charge in [0.15, 0.2) is 0 Å². The average Bonchev–Trinajstić information content (AvgIpc) is 3.14. The molecule has 1 aromatic carbocycles. The van der Waals surface area contributed by atoms with Gasteiger partial charge in [0.1, 0.15) is 5.92 Å². The zero-order chi connectivity index (χ0) is 16.2. The minimum atomic E-state index is -0.751. The number of nitrogens with zero attached hydrogens (tertiary/aromatic N) is 1. The van der Waals surface area contributed by atoms with Crippen LogP contribution in [0.25, 0.3) is 0 Å². The molecule has 1 fully saturated rings. The summed E-state index contributed by atoms with van der Waals surface area (Å²) in [5.41, 5.74) is 4.58. The van der Waals surface area contributed by atoms with E-state index in [1.807, 2.05) is 48.7 Å². The summed E-state index contributed by atoms with van der Waals surface area (Å²) < 4.78 is 0. The second-order valence-corrected chi connectivity index (χ2v) is 6.39. The molecule has 2 amide bonds. The number of hydrazone groups is 1. The van der Waals surface area contributed by atoms with Gasteiger partial charge in [0.2, 0.25) is 5.91 Å². The average molecular weight is 327 g/mol. The van der Waals surface area contributed by atoms with Crippen LogP contribution in [0.2, 0.25) is 0 Å². The molecule has 0 saturated carbocycles. The summed E-state index contributed by atoms with van der Waals surface area (Å²) in [7, 11) is 0. The van der Waals surface area contributed by atoms with Crippen molar-refractivity contribution in [3.8, 4) is 0 Å². The van der Waals surface area contributed by atoms with Gasteiger partial charge in [0, 0.05) is 17.3 Å². The summed E-state index contributed by atoms with van der Waals surface area (Å²) in [5.74, 6) is -1.54. The molecule has 23 heavy (non-hydrogen) atoms. The van der Waals surface area contributed by atoms with Gasteiger partial charge in [-0.2, -0.15) is 5.10 Å². The Hall–Kier alpha value is -2.47. The third kappa shape index (κ3) is 3.32. The first-order chi connectivity index (χ1) is 11.2. The van der Waals surface area contributed by atoms with Crippen LogP contribution in [0.4, 0.5) is 0 Å². The maximum atomic E-state index is 12.4. The fourth-order valence-electron chi connectivity index (χ4n) is 2.67. The number of rotatable bonds is 4. The number of carbonyl (C=O) groups is 2. The van der Waals surface area contributed by atoms with Crippen LogP contribution in [0.15, 0.2) is 46.9 Å². The smallest absolute Gasteiger partial charge is 0.253 e. The SMILES string of the molecule is Cc1ccsc1/C=N\NC(=O)[C@@H]1C(=O)NC[C@H]1c1ccccc1. The largest absolute Gasteiger partial charge is 0.355 e. The molecule has 2 aromatic rings. The number of thiophene rings is 1. The number of benzene rings is 1. The van der Waals surface area contributed by atoms with Gasteiger partial charge in [-0.3, -0.25) is 9.59 Å². The normalized spacial score (nSPS) is 20.7. The van der Waals surface area contributed by atoms with Gasteiger partial charge in [0.25, 0.3) is 5.91 Å². The van der Waals surface area contributed by atoms with Crippen molar-refractivity contribution in [2.45, 2.75) is 12.8 Å². The highest BCUT2D eigenvalue weighted by Gasteiger charge is 2.40. The summed E-state index contributed by atoms with van der Waals surface area (Å²) in [6.07, 6.45) is 1.61. The van der Waals surface area contributed by atoms with E-state index in [9.17, 15) is 9.59 Å². The lowest BCUT2D eigenvalue weighted by Crippen LogP contribution is -2.34. The van der Waals surface area contributed by atoms with Gasteiger partial charge in [-0.15, -0.1) is 11.3 Å². The van der Waals surface area contributed by atoms with E-state index in [0.717, 1.165) is 16.0 Å². The topological polar surface area (TPSA) is 70.6 Å². The predicted octanol–water partition coefficient (Wildman–Crippen LogP) is 2.04. The molecule has 1 aromatic heterocycles. The van der Waals surface area contributed by atoms with E-state index in [0.29, 0.717) is 6.54 Å². The zero-order valence-electron chi connectivity index (χ0n) is 12.7. The Morgan fingerprint density at radius 1 is 1.35 bits per heavy atom. The molecular weight excluding hydrogens is 310 g/mol. The first-order valence-corrected chi connectivity index (χ1v) is 8.24. The van der Waals surface area contributed by atoms with E-state index in [1.54, 1.807) is 17.6 Å². The molecule has 0 radical (unpaired) electrons. The Morgan fingerprint density at radius 3 is 2.83 bits per heavy atom. The van der Waals surface area contributed by atoms with Crippen molar-refractivity contribution in [2.24, 2.45) is 11.0 Å². The van der Waals surface area contributed by atoms with Crippen molar-refractivity contribution in [1.82, 2.24) is 10.7 Å². The van der Waals surface area contributed by atoms with Gasteiger partial charge < -0.3 is 5.32 Å². The summed E-state index contributed by atoms with van der Waals surface area (Å²) >= 11 is 1.55. The highest BCUT2D eigenvalue weighted by atomic mass is 32.1. The third-order valence-electron chi connectivity index (χ3n) is 3.95. The maximum absolute atomic E-state index is 12.4. The maximum Gasteiger partial charge on any atom is 0.253 e. The molecule has 5 nitrogen and oxygen atoms in total. The highest BCUT2D eigenvalue weighted by molar-refractivity contribution is 7.11. The molecular formula is C17H17N3O2S. The Kier molecular flexibility index (Phi) is 4.52. The van der Waals surface area contributed by atoms with Crippen LogP contribution >= 0.6 is 11.3 Å².